The van der Waals surface area contributed by atoms with Crippen molar-refractivity contribution >= 4 is 27.6 Å². The minimum atomic E-state index is -4.68. The molecule has 0 aliphatic heterocycles. The first kappa shape index (κ1) is 26.6. The van der Waals surface area contributed by atoms with Crippen LogP contribution in [0.5, 0.6) is 5.75 Å². The molecule has 0 aliphatic rings. The molecule has 0 saturated heterocycles. The summed E-state index contributed by atoms with van der Waals surface area (Å²) in [6.45, 7) is 4.65. The van der Waals surface area contributed by atoms with Crippen LogP contribution in [0.2, 0.25) is 5.02 Å². The van der Waals surface area contributed by atoms with Gasteiger partial charge in [-0.25, -0.2) is 0 Å². The average molecular weight is 526 g/mol. The molecule has 10 heteroatoms. The maximum Gasteiger partial charge on any atom is 0.416 e. The summed E-state index contributed by atoms with van der Waals surface area (Å²) in [6, 6.07) is 16.0. The molecule has 0 unspecified atom stereocenters. The number of hydrogen-bond donors (Lipinski definition) is 0. The molecule has 0 radical (unpaired) electrons. The minimum absolute atomic E-state index is 0.0704. The van der Waals surface area contributed by atoms with E-state index in [1.807, 2.05) is 13.8 Å². The van der Waals surface area contributed by atoms with Gasteiger partial charge in [0.2, 0.25) is 0 Å². The van der Waals surface area contributed by atoms with Crippen molar-refractivity contribution < 1.29 is 30.6 Å². The fourth-order valence-electron chi connectivity index (χ4n) is 3.34. The van der Waals surface area contributed by atoms with Gasteiger partial charge >= 0.3 is 16.3 Å². The van der Waals surface area contributed by atoms with Crippen molar-refractivity contribution in [3.05, 3.63) is 94.5 Å². The van der Waals surface area contributed by atoms with Gasteiger partial charge in [0.25, 0.3) is 5.91 Å². The molecule has 3 rings (SSSR count). The van der Waals surface area contributed by atoms with Gasteiger partial charge in [0, 0.05) is 13.1 Å². The van der Waals surface area contributed by atoms with Gasteiger partial charge in [0.05, 0.1) is 16.1 Å². The van der Waals surface area contributed by atoms with E-state index in [2.05, 4.69) is 0 Å². The van der Waals surface area contributed by atoms with Crippen LogP contribution in [-0.4, -0.2) is 25.8 Å². The standard InChI is InChI=1S/C25H23ClF3NO4S/c1-17(2)15-30(24(31)22-8-3-4-9-23(22)26)16-18-10-12-20(13-11-18)34-35(32,33)21-7-5-6-19(14-21)25(27,28)29/h3-14,17H,15-16H2,1-2H3. The molecule has 0 aromatic heterocycles. The Morgan fingerprint density at radius 3 is 2.26 bits per heavy atom. The Bertz CT molecular complexity index is 1290. The lowest BCUT2D eigenvalue weighted by molar-refractivity contribution is -0.137. The molecule has 5 nitrogen and oxygen atoms in total. The van der Waals surface area contributed by atoms with Crippen LogP contribution in [0.1, 0.15) is 35.3 Å². The molecule has 0 fully saturated rings. The van der Waals surface area contributed by atoms with E-state index in [9.17, 15) is 26.4 Å². The predicted octanol–water partition coefficient (Wildman–Crippen LogP) is 6.42. The number of amides is 1. The maximum atomic E-state index is 13.1. The quantitative estimate of drug-likeness (QED) is 0.318. The average Bonchev–Trinajstić information content (AvgIpc) is 2.79. The van der Waals surface area contributed by atoms with Crippen LogP contribution in [-0.2, 0) is 22.8 Å². The summed E-state index contributed by atoms with van der Waals surface area (Å²) in [7, 11) is -4.48. The summed E-state index contributed by atoms with van der Waals surface area (Å²) in [4.78, 5) is 14.1. The van der Waals surface area contributed by atoms with Crippen molar-refractivity contribution in [2.24, 2.45) is 5.92 Å². The maximum absolute atomic E-state index is 13.1. The highest BCUT2D eigenvalue weighted by molar-refractivity contribution is 7.87. The SMILES string of the molecule is CC(C)CN(Cc1ccc(OS(=O)(=O)c2cccc(C(F)(F)F)c2)cc1)C(=O)c1ccccc1Cl. The Balaban J connectivity index is 1.77. The normalized spacial score (nSPS) is 12.0. The monoisotopic (exact) mass is 525 g/mol. The van der Waals surface area contributed by atoms with Gasteiger partial charge in [0.1, 0.15) is 10.6 Å². The number of benzene rings is 3. The summed E-state index contributed by atoms with van der Waals surface area (Å²) >= 11 is 6.19. The lowest BCUT2D eigenvalue weighted by Crippen LogP contribution is -2.33. The van der Waals surface area contributed by atoms with Gasteiger partial charge in [0.15, 0.2) is 0 Å². The molecule has 0 bridgehead atoms. The van der Waals surface area contributed by atoms with Gasteiger partial charge in [-0.3, -0.25) is 4.79 Å². The Morgan fingerprint density at radius 1 is 1.00 bits per heavy atom. The van der Waals surface area contributed by atoms with Gasteiger partial charge in [-0.15, -0.1) is 0 Å². The molecular formula is C25H23ClF3NO4S. The van der Waals surface area contributed by atoms with Crippen molar-refractivity contribution in [2.45, 2.75) is 31.5 Å². The van der Waals surface area contributed by atoms with E-state index in [1.165, 1.54) is 12.1 Å². The van der Waals surface area contributed by atoms with Crippen molar-refractivity contribution in [1.29, 1.82) is 0 Å². The molecule has 1 amide bonds. The summed E-state index contributed by atoms with van der Waals surface area (Å²) < 4.78 is 68.8. The van der Waals surface area contributed by atoms with E-state index in [4.69, 9.17) is 15.8 Å². The van der Waals surface area contributed by atoms with E-state index in [0.717, 1.165) is 18.2 Å². The molecular weight excluding hydrogens is 503 g/mol. The Kier molecular flexibility index (Phi) is 8.12. The van der Waals surface area contributed by atoms with Crippen molar-refractivity contribution in [1.82, 2.24) is 4.90 Å². The third kappa shape index (κ3) is 6.99. The fourth-order valence-corrected chi connectivity index (χ4v) is 4.53. The van der Waals surface area contributed by atoms with Crippen LogP contribution in [0.25, 0.3) is 0 Å². The first-order chi connectivity index (χ1) is 16.4. The first-order valence-corrected chi connectivity index (χ1v) is 12.4. The van der Waals surface area contributed by atoms with E-state index in [0.29, 0.717) is 28.8 Å². The van der Waals surface area contributed by atoms with Gasteiger partial charge in [-0.1, -0.05) is 55.8 Å². The highest BCUT2D eigenvalue weighted by Crippen LogP contribution is 2.31. The summed E-state index contributed by atoms with van der Waals surface area (Å²) in [5.41, 5.74) is -0.0113. The molecule has 0 spiro atoms. The number of halogens is 4. The number of alkyl halides is 3. The molecule has 186 valence electrons. The Hall–Kier alpha value is -3.04. The zero-order valence-corrected chi connectivity index (χ0v) is 20.5. The highest BCUT2D eigenvalue weighted by Gasteiger charge is 2.32. The number of rotatable bonds is 8. The van der Waals surface area contributed by atoms with Crippen LogP contribution < -0.4 is 4.18 Å². The van der Waals surface area contributed by atoms with E-state index in [-0.39, 0.29) is 24.1 Å². The predicted molar refractivity (Wildman–Crippen MR) is 127 cm³/mol. The number of nitrogens with zero attached hydrogens (tertiary/aromatic N) is 1. The van der Waals surface area contributed by atoms with Crippen LogP contribution in [0, 0.1) is 5.92 Å². The summed E-state index contributed by atoms with van der Waals surface area (Å²) in [6.07, 6.45) is -4.68. The lowest BCUT2D eigenvalue weighted by atomic mass is 10.1. The lowest BCUT2D eigenvalue weighted by Gasteiger charge is -2.25. The summed E-state index contributed by atoms with van der Waals surface area (Å²) in [5.74, 6) is -0.127. The zero-order chi connectivity index (χ0) is 25.8. The van der Waals surface area contributed by atoms with Crippen LogP contribution in [0.15, 0.2) is 77.7 Å². The highest BCUT2D eigenvalue weighted by atomic mass is 35.5. The fraction of sp³-hybridized carbons (Fsp3) is 0.240. The largest absolute Gasteiger partial charge is 0.416 e. The molecule has 0 aliphatic carbocycles. The molecule has 3 aromatic rings. The van der Waals surface area contributed by atoms with Crippen LogP contribution >= 0.6 is 11.6 Å². The van der Waals surface area contributed by atoms with Crippen LogP contribution in [0.3, 0.4) is 0 Å². The van der Waals surface area contributed by atoms with E-state index < -0.39 is 26.8 Å². The van der Waals surface area contributed by atoms with Gasteiger partial charge in [-0.2, -0.15) is 21.6 Å². The minimum Gasteiger partial charge on any atom is -0.379 e. The smallest absolute Gasteiger partial charge is 0.379 e. The topological polar surface area (TPSA) is 63.7 Å². The van der Waals surface area contributed by atoms with E-state index in [1.54, 1.807) is 41.3 Å². The zero-order valence-electron chi connectivity index (χ0n) is 18.9. The number of hydrogen-bond acceptors (Lipinski definition) is 4. The van der Waals surface area contributed by atoms with Crippen LogP contribution in [0.4, 0.5) is 13.2 Å². The van der Waals surface area contributed by atoms with Crippen molar-refractivity contribution in [3.63, 3.8) is 0 Å². The first-order valence-electron chi connectivity index (χ1n) is 10.6. The second-order valence-corrected chi connectivity index (χ2v) is 10.2. The Morgan fingerprint density at radius 2 is 1.66 bits per heavy atom. The number of carbonyl (C=O) groups excluding carboxylic acids is 1. The third-order valence-electron chi connectivity index (χ3n) is 4.93. The molecule has 0 saturated carbocycles. The van der Waals surface area contributed by atoms with Gasteiger partial charge < -0.3 is 9.08 Å². The second kappa shape index (κ2) is 10.7. The summed E-state index contributed by atoms with van der Waals surface area (Å²) in [5, 5.41) is 0.342. The molecule has 0 heterocycles. The molecule has 0 atom stereocenters. The van der Waals surface area contributed by atoms with Crippen molar-refractivity contribution in [3.8, 4) is 5.75 Å². The molecule has 35 heavy (non-hydrogen) atoms. The van der Waals surface area contributed by atoms with Gasteiger partial charge in [-0.05, 0) is 53.9 Å². The van der Waals surface area contributed by atoms with E-state index >= 15 is 0 Å². The third-order valence-corrected chi connectivity index (χ3v) is 6.50. The molecule has 0 N–H and O–H groups in total. The number of carbonyl (C=O) groups is 1. The molecule has 3 aromatic carbocycles. The Labute approximate surface area is 207 Å². The van der Waals surface area contributed by atoms with Crippen molar-refractivity contribution in [2.75, 3.05) is 6.54 Å². The second-order valence-electron chi connectivity index (χ2n) is 8.27.